The highest BCUT2D eigenvalue weighted by molar-refractivity contribution is 5.89. The molecule has 6 heteroatoms. The van der Waals surface area contributed by atoms with Gasteiger partial charge in [-0.25, -0.2) is 9.18 Å². The number of carbonyl (C=O) groups is 1. The quantitative estimate of drug-likeness (QED) is 0.899. The molecule has 1 saturated carbocycles. The maximum absolute atomic E-state index is 13.8. The van der Waals surface area contributed by atoms with Crippen molar-refractivity contribution in [2.24, 2.45) is 0 Å². The molecule has 0 bridgehead atoms. The van der Waals surface area contributed by atoms with Crippen LogP contribution in [0.4, 0.5) is 14.9 Å². The molecule has 1 unspecified atom stereocenters. The first-order valence-electron chi connectivity index (χ1n) is 8.55. The third-order valence-corrected chi connectivity index (χ3v) is 4.94. The number of H-pyrrole nitrogens is 1. The molecule has 1 aromatic heterocycles. The highest BCUT2D eigenvalue weighted by Gasteiger charge is 2.28. The summed E-state index contributed by atoms with van der Waals surface area (Å²) in [5.74, 6) is 0.441. The van der Waals surface area contributed by atoms with E-state index in [-0.39, 0.29) is 11.8 Å². The normalized spacial score (nSPS) is 20.9. The molecule has 2 N–H and O–H groups in total. The Bertz CT molecular complexity index is 727. The number of nitrogens with one attached hydrogen (secondary N) is 2. The van der Waals surface area contributed by atoms with E-state index in [0.29, 0.717) is 24.1 Å². The molecule has 1 saturated heterocycles. The highest BCUT2D eigenvalue weighted by atomic mass is 19.1. The zero-order chi connectivity index (χ0) is 16.5. The van der Waals surface area contributed by atoms with Gasteiger partial charge in [-0.05, 0) is 61.4 Å². The van der Waals surface area contributed by atoms with Gasteiger partial charge in [0.25, 0.3) is 0 Å². The van der Waals surface area contributed by atoms with Gasteiger partial charge < -0.3 is 10.2 Å². The molecule has 5 nitrogen and oxygen atoms in total. The van der Waals surface area contributed by atoms with E-state index in [9.17, 15) is 9.18 Å². The van der Waals surface area contributed by atoms with Crippen LogP contribution in [0.15, 0.2) is 30.5 Å². The van der Waals surface area contributed by atoms with Crippen LogP contribution in [0.25, 0.3) is 0 Å². The van der Waals surface area contributed by atoms with Crippen LogP contribution in [-0.4, -0.2) is 34.2 Å². The molecule has 126 valence electrons. The first kappa shape index (κ1) is 15.2. The van der Waals surface area contributed by atoms with E-state index < -0.39 is 0 Å². The zero-order valence-corrected chi connectivity index (χ0v) is 13.5. The molecule has 4 rings (SSSR count). The number of carbonyl (C=O) groups excluding carboxylic acids is 1. The summed E-state index contributed by atoms with van der Waals surface area (Å²) in [6, 6.07) is 6.71. The largest absolute Gasteiger partial charge is 0.324 e. The third kappa shape index (κ3) is 3.13. The molecular weight excluding hydrogens is 307 g/mol. The number of halogens is 1. The van der Waals surface area contributed by atoms with Gasteiger partial charge in [0.1, 0.15) is 5.82 Å². The maximum atomic E-state index is 13.8. The summed E-state index contributed by atoms with van der Waals surface area (Å²) in [6.07, 6.45) is 5.83. The van der Waals surface area contributed by atoms with E-state index in [1.807, 2.05) is 11.0 Å². The monoisotopic (exact) mass is 328 g/mol. The molecule has 1 aliphatic heterocycles. The molecule has 1 atom stereocenters. The minimum absolute atomic E-state index is 0.118. The summed E-state index contributed by atoms with van der Waals surface area (Å²) in [5.41, 5.74) is 2.47. The van der Waals surface area contributed by atoms with Crippen LogP contribution in [0, 0.1) is 5.82 Å². The fraction of sp³-hybridized carbons (Fsp3) is 0.444. The van der Waals surface area contributed by atoms with Crippen molar-refractivity contribution in [2.45, 2.75) is 37.5 Å². The van der Waals surface area contributed by atoms with Gasteiger partial charge in [0.05, 0.1) is 0 Å². The molecule has 24 heavy (non-hydrogen) atoms. The maximum Gasteiger partial charge on any atom is 0.321 e. The van der Waals surface area contributed by atoms with Crippen LogP contribution in [-0.2, 0) is 0 Å². The van der Waals surface area contributed by atoms with Crippen LogP contribution < -0.4 is 5.32 Å². The fourth-order valence-corrected chi connectivity index (χ4v) is 3.44. The van der Waals surface area contributed by atoms with E-state index in [2.05, 4.69) is 15.5 Å². The Balaban J connectivity index is 1.43. The summed E-state index contributed by atoms with van der Waals surface area (Å²) >= 11 is 0. The van der Waals surface area contributed by atoms with Crippen molar-refractivity contribution in [2.75, 3.05) is 18.4 Å². The number of likely N-dealkylation sites (tertiary alicyclic amines) is 1. The number of aromatic amines is 1. The van der Waals surface area contributed by atoms with Crippen LogP contribution in [0.1, 0.15) is 48.8 Å². The van der Waals surface area contributed by atoms with E-state index in [1.165, 1.54) is 6.07 Å². The van der Waals surface area contributed by atoms with Crippen molar-refractivity contribution in [3.63, 3.8) is 0 Å². The smallest absolute Gasteiger partial charge is 0.321 e. The topological polar surface area (TPSA) is 61.0 Å². The molecule has 0 spiro atoms. The Hall–Kier alpha value is -2.37. The number of hydrogen-bond donors (Lipinski definition) is 2. The van der Waals surface area contributed by atoms with Crippen LogP contribution in [0.5, 0.6) is 0 Å². The van der Waals surface area contributed by atoms with Crippen LogP contribution >= 0.6 is 0 Å². The Morgan fingerprint density at radius 1 is 1.25 bits per heavy atom. The van der Waals surface area contributed by atoms with Gasteiger partial charge in [-0.15, -0.1) is 0 Å². The Labute approximate surface area is 140 Å². The molecular formula is C18H21FN4O. The third-order valence-electron chi connectivity index (χ3n) is 4.94. The minimum atomic E-state index is -0.173. The van der Waals surface area contributed by atoms with Crippen molar-refractivity contribution in [1.82, 2.24) is 15.1 Å². The van der Waals surface area contributed by atoms with Gasteiger partial charge in [-0.1, -0.05) is 0 Å². The number of amides is 2. The van der Waals surface area contributed by atoms with Gasteiger partial charge in [0.15, 0.2) is 0 Å². The number of hydrogen-bond acceptors (Lipinski definition) is 2. The number of rotatable bonds is 3. The molecule has 1 aromatic carbocycles. The number of aromatic nitrogens is 2. The number of nitrogens with zero attached hydrogens (tertiary/aromatic N) is 2. The second-order valence-corrected chi connectivity index (χ2v) is 6.74. The lowest BCUT2D eigenvalue weighted by Crippen LogP contribution is -2.41. The zero-order valence-electron chi connectivity index (χ0n) is 13.5. The molecule has 2 amide bonds. The first-order chi connectivity index (χ1) is 11.7. The Kier molecular flexibility index (Phi) is 3.96. The van der Waals surface area contributed by atoms with Gasteiger partial charge >= 0.3 is 6.03 Å². The van der Waals surface area contributed by atoms with E-state index >= 15 is 0 Å². The van der Waals surface area contributed by atoms with Crippen LogP contribution in [0.3, 0.4) is 0 Å². The fourth-order valence-electron chi connectivity index (χ4n) is 3.44. The van der Waals surface area contributed by atoms with Gasteiger partial charge in [0, 0.05) is 36.6 Å². The molecule has 2 aliphatic rings. The van der Waals surface area contributed by atoms with Crippen molar-refractivity contribution in [1.29, 1.82) is 0 Å². The van der Waals surface area contributed by atoms with Gasteiger partial charge in [0.2, 0.25) is 0 Å². The average molecular weight is 328 g/mol. The number of anilines is 1. The molecule has 2 fully saturated rings. The Morgan fingerprint density at radius 2 is 2.12 bits per heavy atom. The number of piperidine rings is 1. The number of benzene rings is 1. The van der Waals surface area contributed by atoms with Crippen molar-refractivity contribution >= 4 is 11.7 Å². The predicted octanol–water partition coefficient (Wildman–Crippen LogP) is 3.84. The SMILES string of the molecule is O=C(Nc1ccc(F)c(C2CC2)c1)N1CCCC(c2ccn[nH]2)C1. The average Bonchev–Trinajstić information content (AvgIpc) is 3.30. The lowest BCUT2D eigenvalue weighted by atomic mass is 9.95. The molecule has 2 heterocycles. The number of urea groups is 1. The van der Waals surface area contributed by atoms with Crippen molar-refractivity contribution < 1.29 is 9.18 Å². The van der Waals surface area contributed by atoms with E-state index in [1.54, 1.807) is 18.3 Å². The van der Waals surface area contributed by atoms with Crippen molar-refractivity contribution in [3.05, 3.63) is 47.5 Å². The predicted molar refractivity (Wildman–Crippen MR) is 89.5 cm³/mol. The second-order valence-electron chi connectivity index (χ2n) is 6.74. The summed E-state index contributed by atoms with van der Waals surface area (Å²) in [5, 5.41) is 9.92. The van der Waals surface area contributed by atoms with E-state index in [0.717, 1.165) is 43.5 Å². The highest BCUT2D eigenvalue weighted by Crippen LogP contribution is 2.42. The summed E-state index contributed by atoms with van der Waals surface area (Å²) in [7, 11) is 0. The first-order valence-corrected chi connectivity index (χ1v) is 8.55. The van der Waals surface area contributed by atoms with Gasteiger partial charge in [-0.2, -0.15) is 5.10 Å². The second kappa shape index (κ2) is 6.26. The van der Waals surface area contributed by atoms with E-state index in [4.69, 9.17) is 0 Å². The molecule has 0 radical (unpaired) electrons. The minimum Gasteiger partial charge on any atom is -0.324 e. The lowest BCUT2D eigenvalue weighted by molar-refractivity contribution is 0.192. The molecule has 1 aliphatic carbocycles. The summed E-state index contributed by atoms with van der Waals surface area (Å²) in [6.45, 7) is 1.41. The van der Waals surface area contributed by atoms with Crippen molar-refractivity contribution in [3.8, 4) is 0 Å². The summed E-state index contributed by atoms with van der Waals surface area (Å²) < 4.78 is 13.8. The lowest BCUT2D eigenvalue weighted by Gasteiger charge is -2.32. The standard InChI is InChI=1S/C18H21FN4O/c19-16-6-5-14(10-15(16)12-3-4-12)21-18(24)23-9-1-2-13(11-23)17-7-8-20-22-17/h5-8,10,12-13H,1-4,9,11H2,(H,20,22)(H,21,24). The Morgan fingerprint density at radius 3 is 2.88 bits per heavy atom. The van der Waals surface area contributed by atoms with Gasteiger partial charge in [-0.3, -0.25) is 5.10 Å². The molecule has 2 aromatic rings. The van der Waals surface area contributed by atoms with Crippen LogP contribution in [0.2, 0.25) is 0 Å². The summed E-state index contributed by atoms with van der Waals surface area (Å²) in [4.78, 5) is 14.4.